The van der Waals surface area contributed by atoms with E-state index in [0.29, 0.717) is 16.4 Å². The van der Waals surface area contributed by atoms with E-state index in [4.69, 9.17) is 0 Å². The van der Waals surface area contributed by atoms with Crippen LogP contribution in [0.25, 0.3) is 11.3 Å². The van der Waals surface area contributed by atoms with Crippen LogP contribution in [0.5, 0.6) is 0 Å². The topological polar surface area (TPSA) is 54.0 Å². The number of aromatic nitrogens is 1. The van der Waals surface area contributed by atoms with Crippen LogP contribution in [0.1, 0.15) is 24.8 Å². The standard InChI is InChI=1S/C18H18F3N3OS.ClH/c19-18(20,21)12-3-1-2-11(8-12)14-10-26-16(23-14)24-15(25)13-9-17(13)4-6-22-7-5-17;/h1-3,8,10,13,22H,4-7,9H2,(H,23,24,25);1H. The molecule has 1 atom stereocenters. The molecule has 0 bridgehead atoms. The number of hydrogen-bond acceptors (Lipinski definition) is 4. The second-order valence-corrected chi connectivity index (χ2v) is 7.83. The third-order valence-electron chi connectivity index (χ3n) is 5.33. The lowest BCUT2D eigenvalue weighted by atomic mass is 9.92. The molecule has 146 valence electrons. The summed E-state index contributed by atoms with van der Waals surface area (Å²) in [5, 5.41) is 8.23. The van der Waals surface area contributed by atoms with Gasteiger partial charge in [-0.3, -0.25) is 4.79 Å². The summed E-state index contributed by atoms with van der Waals surface area (Å²) in [6.45, 7) is 1.89. The quantitative estimate of drug-likeness (QED) is 0.768. The van der Waals surface area contributed by atoms with E-state index in [-0.39, 0.29) is 29.6 Å². The van der Waals surface area contributed by atoms with Gasteiger partial charge in [-0.1, -0.05) is 12.1 Å². The van der Waals surface area contributed by atoms with E-state index in [0.717, 1.165) is 44.5 Å². The third kappa shape index (κ3) is 4.12. The van der Waals surface area contributed by atoms with Gasteiger partial charge < -0.3 is 10.6 Å². The summed E-state index contributed by atoms with van der Waals surface area (Å²) < 4.78 is 38.6. The van der Waals surface area contributed by atoms with Crippen LogP contribution in [0.15, 0.2) is 29.6 Å². The molecule has 27 heavy (non-hydrogen) atoms. The van der Waals surface area contributed by atoms with Crippen molar-refractivity contribution in [3.63, 3.8) is 0 Å². The van der Waals surface area contributed by atoms with Crippen LogP contribution >= 0.6 is 23.7 Å². The van der Waals surface area contributed by atoms with Gasteiger partial charge in [-0.15, -0.1) is 23.7 Å². The van der Waals surface area contributed by atoms with Crippen molar-refractivity contribution in [2.24, 2.45) is 11.3 Å². The summed E-state index contributed by atoms with van der Waals surface area (Å²) in [6.07, 6.45) is -1.46. The number of benzene rings is 1. The maximum absolute atomic E-state index is 12.9. The number of thiazole rings is 1. The maximum Gasteiger partial charge on any atom is 0.416 e. The van der Waals surface area contributed by atoms with E-state index in [9.17, 15) is 18.0 Å². The van der Waals surface area contributed by atoms with Crippen molar-refractivity contribution >= 4 is 34.8 Å². The Balaban J connectivity index is 0.00000210. The fourth-order valence-corrected chi connectivity index (χ4v) is 4.43. The van der Waals surface area contributed by atoms with Crippen LogP contribution in [0, 0.1) is 11.3 Å². The van der Waals surface area contributed by atoms with Gasteiger partial charge in [0, 0.05) is 16.9 Å². The predicted octanol–water partition coefficient (Wildman–Crippen LogP) is 4.58. The molecule has 9 heteroatoms. The zero-order valence-electron chi connectivity index (χ0n) is 14.3. The average molecular weight is 418 g/mol. The van der Waals surface area contributed by atoms with Gasteiger partial charge in [0.1, 0.15) is 0 Å². The van der Waals surface area contributed by atoms with E-state index in [1.807, 2.05) is 0 Å². The van der Waals surface area contributed by atoms with E-state index in [1.54, 1.807) is 11.4 Å². The summed E-state index contributed by atoms with van der Waals surface area (Å²) >= 11 is 1.23. The van der Waals surface area contributed by atoms with Crippen LogP contribution in [-0.4, -0.2) is 24.0 Å². The summed E-state index contributed by atoms with van der Waals surface area (Å²) in [5.41, 5.74) is 0.247. The molecule has 1 aromatic heterocycles. The summed E-state index contributed by atoms with van der Waals surface area (Å²) in [5.74, 6) is -0.0117. The Morgan fingerprint density at radius 2 is 2.04 bits per heavy atom. The second-order valence-electron chi connectivity index (χ2n) is 6.97. The van der Waals surface area contributed by atoms with Crippen molar-refractivity contribution in [2.75, 3.05) is 18.4 Å². The highest BCUT2D eigenvalue weighted by atomic mass is 35.5. The number of carbonyl (C=O) groups is 1. The lowest BCUT2D eigenvalue weighted by molar-refractivity contribution is -0.137. The van der Waals surface area contributed by atoms with E-state index >= 15 is 0 Å². The first kappa shape index (κ1) is 20.1. The number of amides is 1. The largest absolute Gasteiger partial charge is 0.416 e. The average Bonchev–Trinajstić information content (AvgIpc) is 3.10. The van der Waals surface area contributed by atoms with Crippen LogP contribution in [0.3, 0.4) is 0 Å². The first-order chi connectivity index (χ1) is 12.4. The normalized spacial score (nSPS) is 20.8. The van der Waals surface area contributed by atoms with Gasteiger partial charge >= 0.3 is 6.18 Å². The van der Waals surface area contributed by atoms with Crippen LogP contribution < -0.4 is 10.6 Å². The molecule has 1 aliphatic carbocycles. The van der Waals surface area contributed by atoms with Crippen molar-refractivity contribution in [3.05, 3.63) is 35.2 Å². The lowest BCUT2D eigenvalue weighted by Gasteiger charge is -2.22. The molecular formula is C18H19ClF3N3OS. The number of rotatable bonds is 3. The van der Waals surface area contributed by atoms with Crippen LogP contribution in [0.4, 0.5) is 18.3 Å². The molecule has 2 N–H and O–H groups in total. The first-order valence-electron chi connectivity index (χ1n) is 8.52. The van der Waals surface area contributed by atoms with Gasteiger partial charge in [-0.05, 0) is 49.9 Å². The number of nitrogens with zero attached hydrogens (tertiary/aromatic N) is 1. The monoisotopic (exact) mass is 417 g/mol. The minimum atomic E-state index is -4.39. The molecule has 1 spiro atoms. The lowest BCUT2D eigenvalue weighted by Crippen LogP contribution is -2.31. The molecule has 1 saturated heterocycles. The van der Waals surface area contributed by atoms with Gasteiger partial charge in [0.05, 0.1) is 11.3 Å². The number of hydrogen-bond donors (Lipinski definition) is 2. The minimum absolute atomic E-state index is 0. The van der Waals surface area contributed by atoms with E-state index in [2.05, 4.69) is 15.6 Å². The molecule has 1 aromatic carbocycles. The van der Waals surface area contributed by atoms with Crippen molar-refractivity contribution in [3.8, 4) is 11.3 Å². The van der Waals surface area contributed by atoms with Gasteiger partial charge in [-0.2, -0.15) is 13.2 Å². The van der Waals surface area contributed by atoms with E-state index in [1.165, 1.54) is 17.4 Å². The maximum atomic E-state index is 12.9. The Bertz CT molecular complexity index is 833. The minimum Gasteiger partial charge on any atom is -0.317 e. The van der Waals surface area contributed by atoms with Gasteiger partial charge in [0.2, 0.25) is 5.91 Å². The Morgan fingerprint density at radius 1 is 1.30 bits per heavy atom. The highest BCUT2D eigenvalue weighted by Gasteiger charge is 2.57. The number of nitrogens with one attached hydrogen (secondary N) is 2. The van der Waals surface area contributed by atoms with Crippen molar-refractivity contribution in [1.29, 1.82) is 0 Å². The molecular weight excluding hydrogens is 399 g/mol. The van der Waals surface area contributed by atoms with Crippen LogP contribution in [0.2, 0.25) is 0 Å². The molecule has 1 aliphatic heterocycles. The Hall–Kier alpha value is -1.64. The fourth-order valence-electron chi connectivity index (χ4n) is 3.71. The second kappa shape index (κ2) is 7.41. The smallest absolute Gasteiger partial charge is 0.317 e. The van der Waals surface area contributed by atoms with Crippen molar-refractivity contribution < 1.29 is 18.0 Å². The number of halogens is 4. The van der Waals surface area contributed by atoms with Gasteiger partial charge in [0.15, 0.2) is 5.13 Å². The highest BCUT2D eigenvalue weighted by Crippen LogP contribution is 2.58. The Kier molecular flexibility index (Phi) is 5.52. The fraction of sp³-hybridized carbons (Fsp3) is 0.444. The van der Waals surface area contributed by atoms with E-state index < -0.39 is 11.7 Å². The Labute approximate surface area is 165 Å². The van der Waals surface area contributed by atoms with Crippen molar-refractivity contribution in [1.82, 2.24) is 10.3 Å². The zero-order chi connectivity index (χ0) is 18.4. The highest BCUT2D eigenvalue weighted by molar-refractivity contribution is 7.14. The van der Waals surface area contributed by atoms with Crippen molar-refractivity contribution in [2.45, 2.75) is 25.4 Å². The molecule has 2 aromatic rings. The number of alkyl halides is 3. The summed E-state index contributed by atoms with van der Waals surface area (Å²) in [4.78, 5) is 16.8. The SMILES string of the molecule is Cl.O=C(Nc1nc(-c2cccc(C(F)(F)F)c2)cs1)C1CC12CCNCC2. The molecule has 1 amide bonds. The number of carbonyl (C=O) groups excluding carboxylic acids is 1. The van der Waals surface area contributed by atoms with Gasteiger partial charge in [0.25, 0.3) is 0 Å². The molecule has 4 nitrogen and oxygen atoms in total. The molecule has 2 aliphatic rings. The van der Waals surface area contributed by atoms with Crippen LogP contribution in [-0.2, 0) is 11.0 Å². The predicted molar refractivity (Wildman–Crippen MR) is 101 cm³/mol. The molecule has 0 radical (unpaired) electrons. The summed E-state index contributed by atoms with van der Waals surface area (Å²) in [7, 11) is 0. The zero-order valence-corrected chi connectivity index (χ0v) is 15.9. The number of anilines is 1. The summed E-state index contributed by atoms with van der Waals surface area (Å²) in [6, 6.07) is 5.05. The molecule has 1 saturated carbocycles. The number of piperidine rings is 1. The first-order valence-corrected chi connectivity index (χ1v) is 9.40. The van der Waals surface area contributed by atoms with Gasteiger partial charge in [-0.25, -0.2) is 4.98 Å². The molecule has 4 rings (SSSR count). The molecule has 2 heterocycles. The third-order valence-corrected chi connectivity index (χ3v) is 6.08. The molecule has 1 unspecified atom stereocenters. The molecule has 2 fully saturated rings. The Morgan fingerprint density at radius 3 is 2.74 bits per heavy atom.